The van der Waals surface area contributed by atoms with Gasteiger partial charge in [0.1, 0.15) is 10.8 Å². The molecule has 0 radical (unpaired) electrons. The Labute approximate surface area is 185 Å². The van der Waals surface area contributed by atoms with Gasteiger partial charge in [-0.05, 0) is 43.4 Å². The summed E-state index contributed by atoms with van der Waals surface area (Å²) in [6, 6.07) is 11.5. The molecule has 0 saturated heterocycles. The molecule has 160 valence electrons. The van der Waals surface area contributed by atoms with Crippen molar-refractivity contribution in [1.29, 1.82) is 0 Å². The normalized spacial score (nSPS) is 12.5. The molecule has 0 aliphatic carbocycles. The van der Waals surface area contributed by atoms with Crippen LogP contribution in [0, 0.1) is 0 Å². The smallest absolute Gasteiger partial charge is 0.254 e. The van der Waals surface area contributed by atoms with Crippen molar-refractivity contribution in [2.75, 3.05) is 31.8 Å². The third-order valence-electron chi connectivity index (χ3n) is 4.83. The minimum Gasteiger partial charge on any atom is -0.495 e. The predicted molar refractivity (Wildman–Crippen MR) is 122 cm³/mol. The summed E-state index contributed by atoms with van der Waals surface area (Å²) < 4.78 is 5.53. The van der Waals surface area contributed by atoms with Crippen molar-refractivity contribution in [2.24, 2.45) is 0 Å². The second kappa shape index (κ2) is 8.79. The monoisotopic (exact) mass is 438 g/mol. The van der Waals surface area contributed by atoms with E-state index in [-0.39, 0.29) is 5.91 Å². The van der Waals surface area contributed by atoms with E-state index in [0.717, 1.165) is 23.4 Å². The molecule has 3 aromatic rings. The zero-order valence-corrected chi connectivity index (χ0v) is 18.2. The van der Waals surface area contributed by atoms with Crippen LogP contribution < -0.4 is 20.7 Å². The van der Waals surface area contributed by atoms with Crippen LogP contribution in [0.15, 0.2) is 42.6 Å². The first-order valence-corrected chi connectivity index (χ1v) is 10.1. The van der Waals surface area contributed by atoms with Gasteiger partial charge >= 0.3 is 0 Å². The number of halogens is 1. The van der Waals surface area contributed by atoms with Crippen LogP contribution >= 0.6 is 11.6 Å². The van der Waals surface area contributed by atoms with E-state index in [2.05, 4.69) is 30.8 Å². The summed E-state index contributed by atoms with van der Waals surface area (Å²) in [6.45, 7) is 1.31. The van der Waals surface area contributed by atoms with E-state index in [0.29, 0.717) is 40.3 Å². The van der Waals surface area contributed by atoms with Crippen LogP contribution in [0.2, 0.25) is 5.02 Å². The molecule has 1 aliphatic rings. The van der Waals surface area contributed by atoms with Crippen LogP contribution in [-0.4, -0.2) is 42.0 Å². The minimum absolute atomic E-state index is 0.121. The molecule has 9 heteroatoms. The number of hydrogen-bond donors (Lipinski definition) is 3. The molecular weight excluding hydrogens is 416 g/mol. The van der Waals surface area contributed by atoms with E-state index in [1.54, 1.807) is 7.11 Å². The molecule has 8 nitrogen and oxygen atoms in total. The summed E-state index contributed by atoms with van der Waals surface area (Å²) >= 11 is 6.32. The Kier molecular flexibility index (Phi) is 5.92. The topological polar surface area (TPSA) is 91.4 Å². The molecule has 3 N–H and O–H groups in total. The first kappa shape index (κ1) is 20.9. The molecular formula is C22H23ClN6O2. The number of carbonyl (C=O) groups is 1. The zero-order valence-electron chi connectivity index (χ0n) is 17.5. The third kappa shape index (κ3) is 4.55. The molecule has 0 spiro atoms. The van der Waals surface area contributed by atoms with Gasteiger partial charge < -0.3 is 25.6 Å². The van der Waals surface area contributed by atoms with Gasteiger partial charge in [0, 0.05) is 13.1 Å². The van der Waals surface area contributed by atoms with Gasteiger partial charge in [0.05, 0.1) is 30.2 Å². The molecule has 0 unspecified atom stereocenters. The van der Waals surface area contributed by atoms with Crippen molar-refractivity contribution in [3.05, 3.63) is 64.3 Å². The van der Waals surface area contributed by atoms with Crippen molar-refractivity contribution in [1.82, 2.24) is 20.2 Å². The number of methoxy groups -OCH3 is 1. The maximum absolute atomic E-state index is 12.2. The summed E-state index contributed by atoms with van der Waals surface area (Å²) in [5.74, 6) is 1.31. The highest BCUT2D eigenvalue weighted by Gasteiger charge is 2.23. The Balaban J connectivity index is 1.60. The summed E-state index contributed by atoms with van der Waals surface area (Å²) in [6.07, 6.45) is 1.51. The second-order valence-electron chi connectivity index (χ2n) is 7.43. The standard InChI is InChI=1S/C22H23ClN6O2/c1-29(2)12-13-7-8-16(18(9-13)31-3)27-22-25-11-15(23)20(28-22)26-17-6-4-5-14-10-24-21(30)19(14)17/h4-9,11H,10,12H2,1-3H3,(H,24,30)(H2,25,26,27,28). The van der Waals surface area contributed by atoms with Crippen LogP contribution in [-0.2, 0) is 13.1 Å². The van der Waals surface area contributed by atoms with Crippen LogP contribution in [0.4, 0.5) is 23.1 Å². The molecule has 0 fully saturated rings. The van der Waals surface area contributed by atoms with Gasteiger partial charge in [-0.15, -0.1) is 0 Å². The molecule has 0 atom stereocenters. The fourth-order valence-corrected chi connectivity index (χ4v) is 3.59. The summed E-state index contributed by atoms with van der Waals surface area (Å²) in [5, 5.41) is 9.51. The number of nitrogens with one attached hydrogen (secondary N) is 3. The number of nitrogens with zero attached hydrogens (tertiary/aromatic N) is 3. The van der Waals surface area contributed by atoms with Crippen molar-refractivity contribution in [3.8, 4) is 5.75 Å². The predicted octanol–water partition coefficient (Wildman–Crippen LogP) is 3.93. The highest BCUT2D eigenvalue weighted by Crippen LogP contribution is 2.32. The fourth-order valence-electron chi connectivity index (χ4n) is 3.45. The minimum atomic E-state index is -0.121. The maximum atomic E-state index is 12.2. The first-order chi connectivity index (χ1) is 14.9. The Hall–Kier alpha value is -3.36. The van der Waals surface area contributed by atoms with E-state index in [9.17, 15) is 4.79 Å². The van der Waals surface area contributed by atoms with E-state index in [1.165, 1.54) is 6.20 Å². The quantitative estimate of drug-likeness (QED) is 0.514. The molecule has 1 aliphatic heterocycles. The molecule has 4 rings (SSSR count). The van der Waals surface area contributed by atoms with E-state index in [4.69, 9.17) is 16.3 Å². The molecule has 0 bridgehead atoms. The van der Waals surface area contributed by atoms with Gasteiger partial charge in [0.25, 0.3) is 5.91 Å². The average Bonchev–Trinajstić information content (AvgIpc) is 3.13. The number of rotatable bonds is 7. The number of aromatic nitrogens is 2. The Morgan fingerprint density at radius 1 is 1.19 bits per heavy atom. The van der Waals surface area contributed by atoms with Gasteiger partial charge in [-0.3, -0.25) is 4.79 Å². The summed E-state index contributed by atoms with van der Waals surface area (Å²) in [5.41, 5.74) is 4.04. The Morgan fingerprint density at radius 2 is 2.03 bits per heavy atom. The van der Waals surface area contributed by atoms with Gasteiger partial charge in [0.2, 0.25) is 5.95 Å². The molecule has 0 saturated carbocycles. The van der Waals surface area contributed by atoms with Crippen molar-refractivity contribution in [3.63, 3.8) is 0 Å². The largest absolute Gasteiger partial charge is 0.495 e. The lowest BCUT2D eigenvalue weighted by Gasteiger charge is -2.15. The molecule has 1 aromatic heterocycles. The molecule has 1 amide bonds. The number of anilines is 4. The van der Waals surface area contributed by atoms with Gasteiger partial charge in [0.15, 0.2) is 5.82 Å². The average molecular weight is 439 g/mol. The lowest BCUT2D eigenvalue weighted by atomic mass is 10.1. The zero-order chi connectivity index (χ0) is 22.0. The number of fused-ring (bicyclic) bond motifs is 1. The highest BCUT2D eigenvalue weighted by atomic mass is 35.5. The second-order valence-corrected chi connectivity index (χ2v) is 7.84. The highest BCUT2D eigenvalue weighted by molar-refractivity contribution is 6.33. The van der Waals surface area contributed by atoms with E-state index >= 15 is 0 Å². The van der Waals surface area contributed by atoms with Crippen LogP contribution in [0.25, 0.3) is 0 Å². The van der Waals surface area contributed by atoms with Gasteiger partial charge in [-0.2, -0.15) is 4.98 Å². The van der Waals surface area contributed by atoms with Gasteiger partial charge in [-0.1, -0.05) is 29.8 Å². The molecule has 2 heterocycles. The fraction of sp³-hybridized carbons (Fsp3) is 0.227. The van der Waals surface area contributed by atoms with Crippen LogP contribution in [0.1, 0.15) is 21.5 Å². The van der Waals surface area contributed by atoms with Crippen molar-refractivity contribution >= 4 is 40.6 Å². The molecule has 2 aromatic carbocycles. The number of amides is 1. The van der Waals surface area contributed by atoms with Crippen LogP contribution in [0.3, 0.4) is 0 Å². The van der Waals surface area contributed by atoms with Crippen LogP contribution in [0.5, 0.6) is 5.75 Å². The van der Waals surface area contributed by atoms with E-state index in [1.807, 2.05) is 50.5 Å². The SMILES string of the molecule is COc1cc(CN(C)C)ccc1Nc1ncc(Cl)c(Nc2cccc3c2C(=O)NC3)n1. The lowest BCUT2D eigenvalue weighted by molar-refractivity contribution is 0.0966. The third-order valence-corrected chi connectivity index (χ3v) is 5.10. The number of carbonyl (C=O) groups excluding carboxylic acids is 1. The maximum Gasteiger partial charge on any atom is 0.254 e. The lowest BCUT2D eigenvalue weighted by Crippen LogP contribution is -2.13. The Morgan fingerprint density at radius 3 is 2.81 bits per heavy atom. The first-order valence-electron chi connectivity index (χ1n) is 9.73. The number of benzene rings is 2. The number of hydrogen-bond acceptors (Lipinski definition) is 7. The number of ether oxygens (including phenoxy) is 1. The van der Waals surface area contributed by atoms with Crippen molar-refractivity contribution in [2.45, 2.75) is 13.1 Å². The van der Waals surface area contributed by atoms with E-state index < -0.39 is 0 Å². The molecule has 31 heavy (non-hydrogen) atoms. The summed E-state index contributed by atoms with van der Waals surface area (Å²) in [7, 11) is 5.65. The Bertz CT molecular complexity index is 1130. The van der Waals surface area contributed by atoms with Gasteiger partial charge in [-0.25, -0.2) is 4.98 Å². The van der Waals surface area contributed by atoms with Crippen molar-refractivity contribution < 1.29 is 9.53 Å². The summed E-state index contributed by atoms with van der Waals surface area (Å²) in [4.78, 5) is 23.0.